The summed E-state index contributed by atoms with van der Waals surface area (Å²) in [5.41, 5.74) is 0.688. The molecule has 0 aliphatic carbocycles. The third-order valence-corrected chi connectivity index (χ3v) is 8.61. The van der Waals surface area contributed by atoms with Gasteiger partial charge in [-0.25, -0.2) is 9.18 Å². The number of amides is 1. The number of ether oxygens (including phenoxy) is 1. The van der Waals surface area contributed by atoms with Crippen molar-refractivity contribution in [2.75, 3.05) is 12.4 Å². The van der Waals surface area contributed by atoms with Crippen molar-refractivity contribution in [3.8, 4) is 5.75 Å². The highest BCUT2D eigenvalue weighted by molar-refractivity contribution is 8.00. The number of hydrogen-bond acceptors (Lipinski definition) is 7. The van der Waals surface area contributed by atoms with E-state index in [4.69, 9.17) is 9.15 Å². The van der Waals surface area contributed by atoms with Crippen molar-refractivity contribution in [1.82, 2.24) is 4.90 Å². The van der Waals surface area contributed by atoms with Gasteiger partial charge in [0.25, 0.3) is 0 Å². The number of allylic oxidation sites excluding steroid dienone is 1. The zero-order chi connectivity index (χ0) is 24.9. The zero-order valence-electron chi connectivity index (χ0n) is 18.9. The summed E-state index contributed by atoms with van der Waals surface area (Å²) >= 11 is 3.03. The van der Waals surface area contributed by atoms with E-state index in [1.54, 1.807) is 18.7 Å². The number of thioether (sulfide) groups is 1. The van der Waals surface area contributed by atoms with E-state index in [2.05, 4.69) is 0 Å². The fourth-order valence-corrected chi connectivity index (χ4v) is 6.70. The molecular weight excluding hydrogens is 496 g/mol. The molecule has 6 nitrogen and oxygen atoms in total. The van der Waals surface area contributed by atoms with Crippen molar-refractivity contribution >= 4 is 45.8 Å². The summed E-state index contributed by atoms with van der Waals surface area (Å²) in [6, 6.07) is 6.04. The molecule has 0 radical (unpaired) electrons. The molecule has 4 heterocycles. The summed E-state index contributed by atoms with van der Waals surface area (Å²) in [5, 5.41) is 1.94. The summed E-state index contributed by atoms with van der Waals surface area (Å²) < 4.78 is 40.0. The van der Waals surface area contributed by atoms with Gasteiger partial charge in [0.15, 0.2) is 17.1 Å². The van der Waals surface area contributed by atoms with Gasteiger partial charge in [0.1, 0.15) is 12.4 Å². The first-order chi connectivity index (χ1) is 16.7. The van der Waals surface area contributed by atoms with Crippen LogP contribution in [0.2, 0.25) is 0 Å². The van der Waals surface area contributed by atoms with E-state index in [0.29, 0.717) is 29.0 Å². The highest BCUT2D eigenvalue weighted by Gasteiger charge is 2.51. The van der Waals surface area contributed by atoms with Gasteiger partial charge in [0.05, 0.1) is 11.3 Å². The molecule has 0 spiro atoms. The first-order valence-electron chi connectivity index (χ1n) is 11.0. The molecule has 35 heavy (non-hydrogen) atoms. The van der Waals surface area contributed by atoms with Crippen LogP contribution in [0.3, 0.4) is 0 Å². The monoisotopic (exact) mass is 517 g/mol. The molecule has 182 valence electrons. The Balaban J connectivity index is 1.29. The Kier molecular flexibility index (Phi) is 6.27. The Labute approximate surface area is 207 Å². The summed E-state index contributed by atoms with van der Waals surface area (Å²) in [4.78, 5) is 39.5. The van der Waals surface area contributed by atoms with Crippen LogP contribution in [0.25, 0.3) is 11.0 Å². The van der Waals surface area contributed by atoms with E-state index in [1.807, 2.05) is 17.5 Å². The summed E-state index contributed by atoms with van der Waals surface area (Å²) in [6.07, 6.45) is 0.525. The molecule has 5 rings (SSSR count). The Bertz CT molecular complexity index is 1430. The van der Waals surface area contributed by atoms with Gasteiger partial charge < -0.3 is 14.1 Å². The van der Waals surface area contributed by atoms with Crippen molar-refractivity contribution in [2.24, 2.45) is 5.92 Å². The van der Waals surface area contributed by atoms with Gasteiger partial charge >= 0.3 is 5.63 Å². The number of β-lactam (4-membered cyclic amide) rings is 1. The lowest BCUT2D eigenvalue weighted by Gasteiger charge is -2.50. The van der Waals surface area contributed by atoms with Crippen LogP contribution in [0.4, 0.5) is 8.78 Å². The number of ketones is 1. The highest BCUT2D eigenvalue weighted by Crippen LogP contribution is 2.45. The number of hydrogen-bond donors (Lipinski definition) is 0. The highest BCUT2D eigenvalue weighted by atomic mass is 32.2. The minimum atomic E-state index is -1.08. The van der Waals surface area contributed by atoms with Gasteiger partial charge in [0.2, 0.25) is 11.7 Å². The van der Waals surface area contributed by atoms with E-state index < -0.39 is 23.0 Å². The van der Waals surface area contributed by atoms with Gasteiger partial charge in [-0.1, -0.05) is 6.07 Å². The standard InChI is InChI=1S/C25H21F2NO5S2/c1-12-6-20(30)33-22-17(12)9-19(26)23(21(22)27)32-10-14-11-35-25-18(24(31)28(25)13(14)2)8-15(29)7-16-4-3-5-34-16/h3-6,9,18,25H,7-8,10-11H2,1-2H3. The molecule has 2 atom stereocenters. The van der Waals surface area contributed by atoms with Gasteiger partial charge in [0, 0.05) is 40.6 Å². The fraction of sp³-hybridized carbons (Fsp3) is 0.320. The lowest BCUT2D eigenvalue weighted by atomic mass is 9.90. The number of fused-ring (bicyclic) bond motifs is 2. The lowest BCUT2D eigenvalue weighted by Crippen LogP contribution is -2.60. The maximum atomic E-state index is 14.9. The van der Waals surface area contributed by atoms with Crippen LogP contribution in [-0.4, -0.2) is 34.3 Å². The van der Waals surface area contributed by atoms with Crippen LogP contribution in [0.15, 0.2) is 50.1 Å². The van der Waals surface area contributed by atoms with Crippen LogP contribution in [-0.2, 0) is 16.0 Å². The molecule has 2 aliphatic rings. The molecule has 3 aromatic rings. The lowest BCUT2D eigenvalue weighted by molar-refractivity contribution is -0.149. The zero-order valence-corrected chi connectivity index (χ0v) is 20.6. The smallest absolute Gasteiger partial charge is 0.336 e. The first kappa shape index (κ1) is 23.7. The Morgan fingerprint density at radius 3 is 2.80 bits per heavy atom. The molecule has 2 aromatic heterocycles. The van der Waals surface area contributed by atoms with E-state index in [0.717, 1.165) is 10.9 Å². The first-order valence-corrected chi connectivity index (χ1v) is 12.9. The second-order valence-corrected chi connectivity index (χ2v) is 10.8. The number of nitrogens with zero attached hydrogens (tertiary/aromatic N) is 1. The predicted molar refractivity (Wildman–Crippen MR) is 130 cm³/mol. The molecule has 1 fully saturated rings. The number of carbonyl (C=O) groups is 2. The Hall–Kier alpha value is -2.98. The normalized spacial score (nSPS) is 19.7. The number of carbonyl (C=O) groups excluding carboxylic acids is 2. The maximum absolute atomic E-state index is 14.9. The van der Waals surface area contributed by atoms with E-state index >= 15 is 0 Å². The van der Waals surface area contributed by atoms with Crippen LogP contribution in [0.5, 0.6) is 5.75 Å². The summed E-state index contributed by atoms with van der Waals surface area (Å²) in [6.45, 7) is 3.20. The number of benzene rings is 1. The topological polar surface area (TPSA) is 76.8 Å². The third kappa shape index (κ3) is 4.29. The van der Waals surface area contributed by atoms with Crippen LogP contribution >= 0.6 is 23.1 Å². The number of thiophene rings is 1. The van der Waals surface area contributed by atoms with Crippen LogP contribution < -0.4 is 10.4 Å². The largest absolute Gasteiger partial charge is 0.483 e. The fourth-order valence-electron chi connectivity index (χ4n) is 4.44. The molecule has 0 N–H and O–H groups in total. The molecule has 1 aromatic carbocycles. The Morgan fingerprint density at radius 1 is 1.26 bits per heavy atom. The summed E-state index contributed by atoms with van der Waals surface area (Å²) in [5.74, 6) is -2.58. The average Bonchev–Trinajstić information content (AvgIpc) is 3.31. The van der Waals surface area contributed by atoms with Crippen molar-refractivity contribution in [1.29, 1.82) is 0 Å². The van der Waals surface area contributed by atoms with Crippen molar-refractivity contribution in [3.05, 3.63) is 73.4 Å². The van der Waals surface area contributed by atoms with Crippen LogP contribution in [0, 0.1) is 24.5 Å². The van der Waals surface area contributed by atoms with E-state index in [-0.39, 0.29) is 47.0 Å². The quantitative estimate of drug-likeness (QED) is 0.330. The summed E-state index contributed by atoms with van der Waals surface area (Å²) in [7, 11) is 0. The molecule has 1 saturated heterocycles. The molecule has 2 aliphatic heterocycles. The number of Topliss-reactive ketones (excluding diaryl/α,β-unsaturated/α-hetero) is 1. The molecule has 1 amide bonds. The molecule has 2 unspecified atom stereocenters. The van der Waals surface area contributed by atoms with Crippen LogP contribution in [0.1, 0.15) is 23.8 Å². The predicted octanol–water partition coefficient (Wildman–Crippen LogP) is 4.83. The molecule has 10 heteroatoms. The van der Waals surface area contributed by atoms with Gasteiger partial charge in [-0.2, -0.15) is 4.39 Å². The third-order valence-electron chi connectivity index (χ3n) is 6.34. The van der Waals surface area contributed by atoms with Crippen molar-refractivity contribution < 1.29 is 27.5 Å². The molecule has 0 bridgehead atoms. The maximum Gasteiger partial charge on any atom is 0.336 e. The Morgan fingerprint density at radius 2 is 2.06 bits per heavy atom. The van der Waals surface area contributed by atoms with Gasteiger partial charge in [-0.05, 0) is 42.5 Å². The van der Waals surface area contributed by atoms with Crippen molar-refractivity contribution in [3.63, 3.8) is 0 Å². The SMILES string of the molecule is CC1=C(COc2c(F)cc3c(C)cc(=O)oc3c2F)CSC2C(CC(=O)Cc3cccs3)C(=O)N12. The number of rotatable bonds is 7. The van der Waals surface area contributed by atoms with Gasteiger partial charge in [-0.15, -0.1) is 23.1 Å². The molecule has 0 saturated carbocycles. The van der Waals surface area contributed by atoms with Gasteiger partial charge in [-0.3, -0.25) is 9.59 Å². The number of aryl methyl sites for hydroxylation is 1. The van der Waals surface area contributed by atoms with Crippen molar-refractivity contribution in [2.45, 2.75) is 32.1 Å². The second-order valence-electron chi connectivity index (χ2n) is 8.62. The minimum absolute atomic E-state index is 0.0333. The minimum Gasteiger partial charge on any atom is -0.483 e. The number of halogens is 2. The van der Waals surface area contributed by atoms with E-state index in [1.165, 1.54) is 29.2 Å². The molecular formula is C25H21F2NO5S2. The average molecular weight is 518 g/mol. The van der Waals surface area contributed by atoms with E-state index in [9.17, 15) is 23.2 Å². The second kappa shape index (κ2) is 9.23.